The summed E-state index contributed by atoms with van der Waals surface area (Å²) in [6, 6.07) is 12.7. The summed E-state index contributed by atoms with van der Waals surface area (Å²) in [5.41, 5.74) is 1.83. The molecule has 0 aliphatic rings. The van der Waals surface area contributed by atoms with Crippen LogP contribution in [0.4, 0.5) is 10.6 Å². The van der Waals surface area contributed by atoms with E-state index in [9.17, 15) is 4.79 Å². The second kappa shape index (κ2) is 6.56. The van der Waals surface area contributed by atoms with Crippen LogP contribution in [0.5, 0.6) is 5.75 Å². The lowest BCUT2D eigenvalue weighted by Gasteiger charge is -2.08. The largest absolute Gasteiger partial charge is 0.497 e. The maximum absolute atomic E-state index is 11.8. The highest BCUT2D eigenvalue weighted by atomic mass is 16.5. The number of nitrogens with one attached hydrogen (secondary N) is 2. The van der Waals surface area contributed by atoms with Gasteiger partial charge in [-0.3, -0.25) is 5.32 Å². The van der Waals surface area contributed by atoms with Crippen LogP contribution >= 0.6 is 0 Å². The van der Waals surface area contributed by atoms with Crippen molar-refractivity contribution in [1.82, 2.24) is 10.3 Å². The number of carbonyl (C=O) groups is 1. The molecule has 2 N–H and O–H groups in total. The van der Waals surface area contributed by atoms with Gasteiger partial charge >= 0.3 is 6.03 Å². The molecule has 2 aromatic rings. The number of pyridine rings is 1. The van der Waals surface area contributed by atoms with Gasteiger partial charge in [-0.1, -0.05) is 18.2 Å². The van der Waals surface area contributed by atoms with Gasteiger partial charge in [0.05, 0.1) is 7.11 Å². The number of methoxy groups -OCH3 is 1. The van der Waals surface area contributed by atoms with Crippen LogP contribution in [-0.4, -0.2) is 18.1 Å². The molecule has 0 radical (unpaired) electrons. The SMILES string of the molecule is COc1cccc(CNC(=O)Nc2cccc(C)n2)c1. The Labute approximate surface area is 118 Å². The molecule has 1 aromatic carbocycles. The van der Waals surface area contributed by atoms with E-state index in [1.165, 1.54) is 0 Å². The molecule has 0 atom stereocenters. The van der Waals surface area contributed by atoms with Crippen molar-refractivity contribution in [2.24, 2.45) is 0 Å². The van der Waals surface area contributed by atoms with Crippen LogP contribution in [-0.2, 0) is 6.54 Å². The summed E-state index contributed by atoms with van der Waals surface area (Å²) in [7, 11) is 1.61. The molecule has 20 heavy (non-hydrogen) atoms. The van der Waals surface area contributed by atoms with Gasteiger partial charge in [-0.15, -0.1) is 0 Å². The fourth-order valence-electron chi connectivity index (χ4n) is 1.74. The second-order valence-corrected chi connectivity index (χ2v) is 4.32. The summed E-state index contributed by atoms with van der Waals surface area (Å²) < 4.78 is 5.13. The first-order valence-electron chi connectivity index (χ1n) is 6.29. The maximum Gasteiger partial charge on any atom is 0.320 e. The highest BCUT2D eigenvalue weighted by molar-refractivity contribution is 5.88. The molecule has 1 heterocycles. The Balaban J connectivity index is 1.88. The maximum atomic E-state index is 11.8. The van der Waals surface area contributed by atoms with Gasteiger partial charge in [0.1, 0.15) is 11.6 Å². The number of hydrogen-bond acceptors (Lipinski definition) is 3. The van der Waals surface area contributed by atoms with Crippen LogP contribution in [0.1, 0.15) is 11.3 Å². The van der Waals surface area contributed by atoms with Gasteiger partial charge in [-0.25, -0.2) is 9.78 Å². The fraction of sp³-hybridized carbons (Fsp3) is 0.200. The molecular formula is C15H17N3O2. The smallest absolute Gasteiger partial charge is 0.320 e. The zero-order chi connectivity index (χ0) is 14.4. The summed E-state index contributed by atoms with van der Waals surface area (Å²) in [4.78, 5) is 16.0. The summed E-state index contributed by atoms with van der Waals surface area (Å²) in [5.74, 6) is 1.30. The van der Waals surface area contributed by atoms with Crippen molar-refractivity contribution in [2.45, 2.75) is 13.5 Å². The molecule has 2 amide bonds. The van der Waals surface area contributed by atoms with E-state index in [0.717, 1.165) is 17.0 Å². The molecule has 0 aliphatic carbocycles. The van der Waals surface area contributed by atoms with Crippen molar-refractivity contribution in [3.05, 3.63) is 53.7 Å². The molecule has 5 nitrogen and oxygen atoms in total. The molecule has 0 saturated carbocycles. The molecule has 0 spiro atoms. The number of rotatable bonds is 4. The van der Waals surface area contributed by atoms with Crippen molar-refractivity contribution >= 4 is 11.8 Å². The zero-order valence-electron chi connectivity index (χ0n) is 11.5. The number of nitrogens with zero attached hydrogens (tertiary/aromatic N) is 1. The number of hydrogen-bond donors (Lipinski definition) is 2. The number of aryl methyl sites for hydroxylation is 1. The van der Waals surface area contributed by atoms with Crippen LogP contribution in [0.3, 0.4) is 0 Å². The number of benzene rings is 1. The van der Waals surface area contributed by atoms with E-state index in [1.807, 2.05) is 43.3 Å². The van der Waals surface area contributed by atoms with Gasteiger partial charge < -0.3 is 10.1 Å². The highest BCUT2D eigenvalue weighted by Gasteiger charge is 2.03. The number of urea groups is 1. The topological polar surface area (TPSA) is 63.2 Å². The summed E-state index contributed by atoms with van der Waals surface area (Å²) >= 11 is 0. The number of ether oxygens (including phenoxy) is 1. The monoisotopic (exact) mass is 271 g/mol. The molecule has 0 aliphatic heterocycles. The minimum absolute atomic E-state index is 0.286. The summed E-state index contributed by atoms with van der Waals surface area (Å²) in [5, 5.41) is 5.46. The lowest BCUT2D eigenvalue weighted by Crippen LogP contribution is -2.28. The van der Waals surface area contributed by atoms with E-state index < -0.39 is 0 Å². The van der Waals surface area contributed by atoms with E-state index in [4.69, 9.17) is 4.74 Å². The van der Waals surface area contributed by atoms with Crippen molar-refractivity contribution in [2.75, 3.05) is 12.4 Å². The van der Waals surface area contributed by atoms with Crippen LogP contribution in [0.2, 0.25) is 0 Å². The van der Waals surface area contributed by atoms with Gasteiger partial charge in [0, 0.05) is 12.2 Å². The lowest BCUT2D eigenvalue weighted by atomic mass is 10.2. The predicted molar refractivity (Wildman–Crippen MR) is 77.8 cm³/mol. The first-order chi connectivity index (χ1) is 9.67. The molecule has 1 aromatic heterocycles. The van der Waals surface area contributed by atoms with Gasteiger partial charge in [0.25, 0.3) is 0 Å². The Bertz CT molecular complexity index is 599. The van der Waals surface area contributed by atoms with Crippen LogP contribution in [0, 0.1) is 6.92 Å². The normalized spacial score (nSPS) is 9.90. The van der Waals surface area contributed by atoms with Gasteiger partial charge in [-0.05, 0) is 36.8 Å². The van der Waals surface area contributed by atoms with E-state index >= 15 is 0 Å². The minimum atomic E-state index is -0.286. The average molecular weight is 271 g/mol. The molecular weight excluding hydrogens is 254 g/mol. The fourth-order valence-corrected chi connectivity index (χ4v) is 1.74. The van der Waals surface area contributed by atoms with Gasteiger partial charge in [-0.2, -0.15) is 0 Å². The average Bonchev–Trinajstić information content (AvgIpc) is 2.45. The molecule has 104 valence electrons. The van der Waals surface area contributed by atoms with E-state index in [0.29, 0.717) is 12.4 Å². The first-order valence-corrected chi connectivity index (χ1v) is 6.29. The Morgan fingerprint density at radius 2 is 2.05 bits per heavy atom. The quantitative estimate of drug-likeness (QED) is 0.898. The number of anilines is 1. The van der Waals surface area contributed by atoms with Crippen molar-refractivity contribution in [1.29, 1.82) is 0 Å². The van der Waals surface area contributed by atoms with E-state index in [1.54, 1.807) is 13.2 Å². The number of aromatic nitrogens is 1. The highest BCUT2D eigenvalue weighted by Crippen LogP contribution is 2.12. The minimum Gasteiger partial charge on any atom is -0.497 e. The third-order valence-electron chi connectivity index (χ3n) is 2.72. The first kappa shape index (κ1) is 13.9. The van der Waals surface area contributed by atoms with Crippen LogP contribution < -0.4 is 15.4 Å². The van der Waals surface area contributed by atoms with Crippen LogP contribution in [0.15, 0.2) is 42.5 Å². The Morgan fingerprint density at radius 1 is 1.25 bits per heavy atom. The van der Waals surface area contributed by atoms with Crippen molar-refractivity contribution in [3.8, 4) is 5.75 Å². The Morgan fingerprint density at radius 3 is 2.80 bits per heavy atom. The van der Waals surface area contributed by atoms with Gasteiger partial charge in [0.2, 0.25) is 0 Å². The summed E-state index contributed by atoms with van der Waals surface area (Å²) in [6.07, 6.45) is 0. The Hall–Kier alpha value is -2.56. The van der Waals surface area contributed by atoms with E-state index in [2.05, 4.69) is 15.6 Å². The molecule has 0 saturated heterocycles. The van der Waals surface area contributed by atoms with E-state index in [-0.39, 0.29) is 6.03 Å². The third kappa shape index (κ3) is 3.98. The third-order valence-corrected chi connectivity index (χ3v) is 2.72. The predicted octanol–water partition coefficient (Wildman–Crippen LogP) is 2.72. The Kier molecular flexibility index (Phi) is 4.55. The molecule has 5 heteroatoms. The van der Waals surface area contributed by atoms with Crippen LogP contribution in [0.25, 0.3) is 0 Å². The second-order valence-electron chi connectivity index (χ2n) is 4.32. The number of amides is 2. The molecule has 2 rings (SSSR count). The zero-order valence-corrected chi connectivity index (χ0v) is 11.5. The lowest BCUT2D eigenvalue weighted by molar-refractivity contribution is 0.251. The standard InChI is InChI=1S/C15H17N3O2/c1-11-5-3-8-14(17-11)18-15(19)16-10-12-6-4-7-13(9-12)20-2/h3-9H,10H2,1-2H3,(H2,16,17,18,19). The van der Waals surface area contributed by atoms with Gasteiger partial charge in [0.15, 0.2) is 0 Å². The number of carbonyl (C=O) groups excluding carboxylic acids is 1. The molecule has 0 bridgehead atoms. The van der Waals surface area contributed by atoms with Crippen molar-refractivity contribution < 1.29 is 9.53 Å². The summed E-state index contributed by atoms with van der Waals surface area (Å²) in [6.45, 7) is 2.30. The molecule has 0 unspecified atom stereocenters. The molecule has 0 fully saturated rings. The van der Waals surface area contributed by atoms with Crippen molar-refractivity contribution in [3.63, 3.8) is 0 Å².